The summed E-state index contributed by atoms with van der Waals surface area (Å²) < 4.78 is 5.27. The van der Waals surface area contributed by atoms with Gasteiger partial charge in [-0.05, 0) is 18.6 Å². The molecule has 26 heavy (non-hydrogen) atoms. The van der Waals surface area contributed by atoms with E-state index >= 15 is 0 Å². The molecule has 2 aromatic heterocycles. The monoisotopic (exact) mass is 362 g/mol. The van der Waals surface area contributed by atoms with Crippen LogP contribution in [-0.2, 0) is 17.8 Å². The van der Waals surface area contributed by atoms with Crippen LogP contribution in [0.15, 0.2) is 28.9 Å². The van der Waals surface area contributed by atoms with Gasteiger partial charge in [-0.15, -0.1) is 0 Å². The first-order chi connectivity index (χ1) is 12.4. The highest BCUT2D eigenvalue weighted by Crippen LogP contribution is 2.23. The minimum Gasteiger partial charge on any atom is -0.483 e. The van der Waals surface area contributed by atoms with Crippen LogP contribution >= 0.6 is 0 Å². The van der Waals surface area contributed by atoms with E-state index in [1.807, 2.05) is 44.2 Å². The van der Waals surface area contributed by atoms with E-state index in [-0.39, 0.29) is 18.5 Å². The molecular weight excluding hydrogens is 336 g/mol. The largest absolute Gasteiger partial charge is 0.483 e. The van der Waals surface area contributed by atoms with Gasteiger partial charge < -0.3 is 19.6 Å². The van der Waals surface area contributed by atoms with E-state index in [9.17, 15) is 5.11 Å². The van der Waals surface area contributed by atoms with Crippen molar-refractivity contribution < 1.29 is 19.5 Å². The van der Waals surface area contributed by atoms with Gasteiger partial charge in [0.15, 0.2) is 0 Å². The van der Waals surface area contributed by atoms with Gasteiger partial charge in [-0.2, -0.15) is 0 Å². The number of likely N-dealkylation sites (tertiary alicyclic amines) is 1. The molecule has 8 heteroatoms. The fourth-order valence-electron chi connectivity index (χ4n) is 3.08. The summed E-state index contributed by atoms with van der Waals surface area (Å²) in [6.45, 7) is 4.02. The molecule has 1 saturated heterocycles. The van der Waals surface area contributed by atoms with E-state index in [1.165, 1.54) is 5.56 Å². The number of carbonyl (C=O) groups is 1. The number of anilines is 1. The maximum absolute atomic E-state index is 10.3. The molecular formula is C18H26N4O4. The lowest BCUT2D eigenvalue weighted by molar-refractivity contribution is -0.122. The number of β-amino-alcohol motifs (C(OH)–C–C–N with tert-alkyl or cyclic N) is 1. The fourth-order valence-corrected chi connectivity index (χ4v) is 3.08. The third-order valence-electron chi connectivity index (χ3n) is 4.30. The van der Waals surface area contributed by atoms with Crippen molar-refractivity contribution in [2.75, 3.05) is 32.1 Å². The SMILES string of the molecule is Cc1cc(C[C@@H]2CN(Cc3ccc(N(C)C)nc3)C[C@@H]2O)on1.O=CO. The number of aryl methyl sites for hydroxylation is 1. The molecule has 0 unspecified atom stereocenters. The summed E-state index contributed by atoms with van der Waals surface area (Å²) in [5.74, 6) is 2.00. The first-order valence-corrected chi connectivity index (χ1v) is 8.45. The second-order valence-corrected chi connectivity index (χ2v) is 6.68. The number of pyridine rings is 1. The van der Waals surface area contributed by atoms with Gasteiger partial charge in [0.2, 0.25) is 0 Å². The molecule has 0 aliphatic carbocycles. The third-order valence-corrected chi connectivity index (χ3v) is 4.30. The molecule has 0 radical (unpaired) electrons. The molecule has 0 bridgehead atoms. The summed E-state index contributed by atoms with van der Waals surface area (Å²) in [4.78, 5) is 17.1. The van der Waals surface area contributed by atoms with E-state index in [2.05, 4.69) is 21.1 Å². The number of aromatic nitrogens is 2. The molecule has 3 heterocycles. The van der Waals surface area contributed by atoms with Crippen LogP contribution in [0.4, 0.5) is 5.82 Å². The van der Waals surface area contributed by atoms with Crippen molar-refractivity contribution in [2.45, 2.75) is 26.0 Å². The number of aliphatic hydroxyl groups excluding tert-OH is 1. The Labute approximate surface area is 153 Å². The smallest absolute Gasteiger partial charge is 0.290 e. The summed E-state index contributed by atoms with van der Waals surface area (Å²) >= 11 is 0. The molecule has 8 nitrogen and oxygen atoms in total. The number of nitrogens with zero attached hydrogens (tertiary/aromatic N) is 4. The minimum absolute atomic E-state index is 0.191. The number of hydrogen-bond donors (Lipinski definition) is 2. The predicted octanol–water partition coefficient (Wildman–Crippen LogP) is 1.18. The highest BCUT2D eigenvalue weighted by molar-refractivity contribution is 5.37. The Morgan fingerprint density at radius 3 is 2.65 bits per heavy atom. The first-order valence-electron chi connectivity index (χ1n) is 8.45. The molecule has 0 spiro atoms. The predicted molar refractivity (Wildman–Crippen MR) is 97.0 cm³/mol. The number of carboxylic acid groups (broad SMARTS) is 1. The van der Waals surface area contributed by atoms with Gasteiger partial charge in [0.25, 0.3) is 6.47 Å². The third kappa shape index (κ3) is 5.53. The summed E-state index contributed by atoms with van der Waals surface area (Å²) in [6.07, 6.45) is 2.32. The van der Waals surface area contributed by atoms with Crippen LogP contribution in [0.1, 0.15) is 17.0 Å². The topological polar surface area (TPSA) is 103 Å². The first kappa shape index (κ1) is 19.9. The molecule has 0 saturated carbocycles. The Morgan fingerprint density at radius 2 is 2.12 bits per heavy atom. The van der Waals surface area contributed by atoms with Crippen LogP contribution in [-0.4, -0.2) is 65.0 Å². The van der Waals surface area contributed by atoms with Crippen molar-refractivity contribution in [1.82, 2.24) is 15.0 Å². The summed E-state index contributed by atoms with van der Waals surface area (Å²) in [7, 11) is 3.96. The molecule has 142 valence electrons. The van der Waals surface area contributed by atoms with Crippen LogP contribution in [0.2, 0.25) is 0 Å². The number of aliphatic hydroxyl groups is 1. The van der Waals surface area contributed by atoms with Gasteiger partial charge in [0.1, 0.15) is 11.6 Å². The molecule has 1 fully saturated rings. The van der Waals surface area contributed by atoms with E-state index in [1.54, 1.807) is 0 Å². The van der Waals surface area contributed by atoms with Crippen molar-refractivity contribution in [3.8, 4) is 0 Å². The van der Waals surface area contributed by atoms with Gasteiger partial charge in [-0.1, -0.05) is 11.2 Å². The van der Waals surface area contributed by atoms with Crippen molar-refractivity contribution in [1.29, 1.82) is 0 Å². The maximum Gasteiger partial charge on any atom is 0.290 e. The standard InChI is InChI=1S/C17H24N4O2.CH2O2/c1-12-6-15(23-19-12)7-14-10-21(11-16(14)22)9-13-4-5-17(18-8-13)20(2)3;2-1-3/h4-6,8,14,16,22H,7,9-11H2,1-3H3;1H,(H,2,3)/t14-,16+;/m1./s1. The maximum atomic E-state index is 10.3. The Kier molecular flexibility index (Phi) is 7.11. The molecule has 1 aliphatic rings. The Bertz CT molecular complexity index is 687. The minimum atomic E-state index is -0.325. The lowest BCUT2D eigenvalue weighted by Crippen LogP contribution is -2.21. The second-order valence-electron chi connectivity index (χ2n) is 6.68. The summed E-state index contributed by atoms with van der Waals surface area (Å²) in [5.41, 5.74) is 2.05. The molecule has 0 aromatic carbocycles. The quantitative estimate of drug-likeness (QED) is 0.765. The summed E-state index contributed by atoms with van der Waals surface area (Å²) in [6, 6.07) is 6.07. The molecule has 0 amide bonds. The summed E-state index contributed by atoms with van der Waals surface area (Å²) in [5, 5.41) is 21.1. The zero-order valence-electron chi connectivity index (χ0n) is 15.4. The molecule has 2 atom stereocenters. The average molecular weight is 362 g/mol. The fraction of sp³-hybridized carbons (Fsp3) is 0.500. The number of hydrogen-bond acceptors (Lipinski definition) is 7. The van der Waals surface area contributed by atoms with E-state index < -0.39 is 0 Å². The lowest BCUT2D eigenvalue weighted by Gasteiger charge is -2.16. The van der Waals surface area contributed by atoms with Gasteiger partial charge >= 0.3 is 0 Å². The lowest BCUT2D eigenvalue weighted by atomic mass is 10.0. The van der Waals surface area contributed by atoms with E-state index in [0.29, 0.717) is 6.54 Å². The van der Waals surface area contributed by atoms with Crippen LogP contribution in [0.25, 0.3) is 0 Å². The van der Waals surface area contributed by atoms with Crippen LogP contribution in [0, 0.1) is 12.8 Å². The average Bonchev–Trinajstić information content (AvgIpc) is 3.15. The van der Waals surface area contributed by atoms with Crippen LogP contribution in [0.3, 0.4) is 0 Å². The normalized spacial score (nSPS) is 19.7. The molecule has 2 N–H and O–H groups in total. The van der Waals surface area contributed by atoms with Gasteiger partial charge in [-0.25, -0.2) is 4.98 Å². The van der Waals surface area contributed by atoms with Gasteiger partial charge in [-0.3, -0.25) is 9.69 Å². The zero-order chi connectivity index (χ0) is 19.1. The van der Waals surface area contributed by atoms with Crippen LogP contribution in [0.5, 0.6) is 0 Å². The van der Waals surface area contributed by atoms with Crippen molar-refractivity contribution >= 4 is 12.3 Å². The van der Waals surface area contributed by atoms with E-state index in [4.69, 9.17) is 14.4 Å². The second kappa shape index (κ2) is 9.30. The Morgan fingerprint density at radius 1 is 1.38 bits per heavy atom. The molecule has 3 rings (SSSR count). The highest BCUT2D eigenvalue weighted by atomic mass is 16.5. The Hall–Kier alpha value is -2.45. The van der Waals surface area contributed by atoms with Crippen molar-refractivity contribution in [3.63, 3.8) is 0 Å². The van der Waals surface area contributed by atoms with E-state index in [0.717, 1.165) is 36.8 Å². The Balaban J connectivity index is 0.000000758. The molecule has 1 aliphatic heterocycles. The molecule has 2 aromatic rings. The van der Waals surface area contributed by atoms with Crippen molar-refractivity contribution in [3.05, 3.63) is 41.4 Å². The van der Waals surface area contributed by atoms with Crippen LogP contribution < -0.4 is 4.90 Å². The highest BCUT2D eigenvalue weighted by Gasteiger charge is 2.32. The van der Waals surface area contributed by atoms with Crippen molar-refractivity contribution in [2.24, 2.45) is 5.92 Å². The zero-order valence-corrected chi connectivity index (χ0v) is 15.4. The number of rotatable bonds is 5. The van der Waals surface area contributed by atoms with Gasteiger partial charge in [0, 0.05) is 58.3 Å². The van der Waals surface area contributed by atoms with Gasteiger partial charge in [0.05, 0.1) is 11.8 Å².